The molecule has 9 nitrogen and oxygen atoms in total. The molecule has 0 spiro atoms. The van der Waals surface area contributed by atoms with E-state index in [1.165, 1.54) is 161 Å². The number of nitrogens with one attached hydrogen (secondary N) is 2. The minimum atomic E-state index is -0.0989. The number of quaternary nitrogens is 3. The maximum absolute atomic E-state index is 13.2. The van der Waals surface area contributed by atoms with Crippen LogP contribution < -0.4 is 36.9 Å². The number of hydrogen-bond acceptors (Lipinski definition) is 6. The summed E-state index contributed by atoms with van der Waals surface area (Å²) in [5.74, 6) is 3.02. The number of carbonyl (C=O) groups excluding carboxylic acids is 2. The molecule has 0 fully saturated rings. The van der Waals surface area contributed by atoms with Gasteiger partial charge >= 0.3 is 0 Å². The maximum atomic E-state index is 13.2. The van der Waals surface area contributed by atoms with Crippen molar-refractivity contribution >= 4 is 33.4 Å². The minimum Gasteiger partial charge on any atom is -0.490 e. The Morgan fingerprint density at radius 1 is 0.561 bits per heavy atom. The molecular formula is C55H104N5O4S2+3. The topological polar surface area (TPSA) is 149 Å². The Balaban J connectivity index is 2.45. The first-order chi connectivity index (χ1) is 32.6. The SMILES string of the molecule is CCCCCCCC/C=C\CCCCCCCCOc1ccc(C(=O)NCCSSCCNC(=O)[C@H](CCC[NH3+])[NH2+]CCC[NH3+])cc1OCCCCCCCC/C=C\CCCCCCCC. The number of amides is 2. The summed E-state index contributed by atoms with van der Waals surface area (Å²) in [4.78, 5) is 26.0. The molecule has 0 bridgehead atoms. The van der Waals surface area contributed by atoms with Crippen LogP contribution in [-0.2, 0) is 4.79 Å². The van der Waals surface area contributed by atoms with Crippen LogP contribution in [0.3, 0.4) is 0 Å². The van der Waals surface area contributed by atoms with E-state index in [1.807, 2.05) is 18.2 Å². The lowest BCUT2D eigenvalue weighted by molar-refractivity contribution is -0.679. The highest BCUT2D eigenvalue weighted by molar-refractivity contribution is 8.76. The summed E-state index contributed by atoms with van der Waals surface area (Å²) in [6.45, 7) is 9.71. The van der Waals surface area contributed by atoms with E-state index >= 15 is 0 Å². The van der Waals surface area contributed by atoms with E-state index in [1.54, 1.807) is 21.6 Å². The summed E-state index contributed by atoms with van der Waals surface area (Å²) >= 11 is 0. The second-order valence-corrected chi connectivity index (χ2v) is 21.0. The fourth-order valence-corrected chi connectivity index (χ4v) is 9.72. The van der Waals surface area contributed by atoms with Gasteiger partial charge in [-0.25, -0.2) is 0 Å². The zero-order valence-electron chi connectivity index (χ0n) is 42.8. The third-order valence-corrected chi connectivity index (χ3v) is 14.5. The average molecular weight is 964 g/mol. The molecule has 11 heteroatoms. The van der Waals surface area contributed by atoms with E-state index in [2.05, 4.69) is 65.6 Å². The van der Waals surface area contributed by atoms with Crippen LogP contribution in [0.4, 0.5) is 0 Å². The molecule has 0 unspecified atom stereocenters. The third kappa shape index (κ3) is 38.8. The van der Waals surface area contributed by atoms with Crippen molar-refractivity contribution in [2.75, 3.05) is 57.4 Å². The van der Waals surface area contributed by atoms with Crippen molar-refractivity contribution < 1.29 is 35.8 Å². The molecule has 0 aliphatic rings. The molecule has 382 valence electrons. The smallest absolute Gasteiger partial charge is 0.278 e. The fourth-order valence-electron chi connectivity index (χ4n) is 7.90. The molecule has 2 amide bonds. The normalized spacial score (nSPS) is 12.1. The van der Waals surface area contributed by atoms with Crippen molar-refractivity contribution in [3.63, 3.8) is 0 Å². The minimum absolute atomic E-state index is 0.0447. The van der Waals surface area contributed by atoms with Gasteiger partial charge in [-0.3, -0.25) is 9.59 Å². The van der Waals surface area contributed by atoms with Crippen LogP contribution in [0.5, 0.6) is 11.5 Å². The molecule has 66 heavy (non-hydrogen) atoms. The number of allylic oxidation sites excluding steroid dienone is 4. The van der Waals surface area contributed by atoms with Gasteiger partial charge in [-0.2, -0.15) is 0 Å². The molecule has 1 aromatic rings. The lowest BCUT2D eigenvalue weighted by atomic mass is 10.1. The highest BCUT2D eigenvalue weighted by Crippen LogP contribution is 2.29. The summed E-state index contributed by atoms with van der Waals surface area (Å²) in [5.41, 5.74) is 8.44. The second kappa shape index (κ2) is 49.2. The number of benzene rings is 1. The number of carbonyl (C=O) groups is 2. The summed E-state index contributed by atoms with van der Waals surface area (Å²) in [5, 5.41) is 8.34. The number of ether oxygens (including phenoxy) is 2. The Bertz CT molecular complexity index is 1300. The number of rotatable bonds is 50. The van der Waals surface area contributed by atoms with E-state index in [0.717, 1.165) is 75.4 Å². The Morgan fingerprint density at radius 2 is 1.00 bits per heavy atom. The molecule has 0 radical (unpaired) electrons. The van der Waals surface area contributed by atoms with Crippen molar-refractivity contribution in [2.24, 2.45) is 0 Å². The number of unbranched alkanes of at least 4 members (excludes halogenated alkanes) is 24. The zero-order chi connectivity index (χ0) is 47.6. The van der Waals surface area contributed by atoms with Crippen molar-refractivity contribution in [3.05, 3.63) is 48.1 Å². The van der Waals surface area contributed by atoms with Crippen molar-refractivity contribution in [2.45, 2.75) is 219 Å². The Kier molecular flexibility index (Phi) is 46.1. The van der Waals surface area contributed by atoms with Crippen molar-refractivity contribution in [1.82, 2.24) is 10.6 Å². The van der Waals surface area contributed by atoms with E-state index < -0.39 is 0 Å². The zero-order valence-corrected chi connectivity index (χ0v) is 44.5. The van der Waals surface area contributed by atoms with Gasteiger partial charge in [0.1, 0.15) is 0 Å². The summed E-state index contributed by atoms with van der Waals surface area (Å²) < 4.78 is 12.6. The molecule has 1 aromatic carbocycles. The summed E-state index contributed by atoms with van der Waals surface area (Å²) in [7, 11) is 3.44. The number of nitrogens with two attached hydrogens (primary N) is 1. The highest BCUT2D eigenvalue weighted by atomic mass is 33.1. The number of hydrogen-bond donors (Lipinski definition) is 5. The first-order valence-electron chi connectivity index (χ1n) is 27.5. The van der Waals surface area contributed by atoms with Crippen LogP contribution in [0.25, 0.3) is 0 Å². The molecule has 1 rings (SSSR count). The molecule has 1 atom stereocenters. The molecule has 0 saturated carbocycles. The standard InChI is InChI=1S/C55H101N5O4S2/c1-3-5-7-9-11-13-15-17-19-21-23-25-27-29-31-33-45-63-52-39-38-50(49-53(52)64-46-34-32-30-28-26-24-22-20-18-16-14-12-10-8-6-4-2)54(61)59-43-47-65-66-48-44-60-55(62)51(37-35-40-56)58-42-36-41-57/h17-20,38-39,49,51,58H,3-16,21-37,40-48,56-57H2,1-2H3,(H,59,61)(H,60,62)/p+3/b19-17-,20-18-/t51-/m0/s1. The highest BCUT2D eigenvalue weighted by Gasteiger charge is 2.21. The first-order valence-corrected chi connectivity index (χ1v) is 30.0. The molecule has 10 N–H and O–H groups in total. The van der Waals surface area contributed by atoms with Crippen LogP contribution in [0.2, 0.25) is 0 Å². The van der Waals surface area contributed by atoms with Crippen molar-refractivity contribution in [1.29, 1.82) is 0 Å². The van der Waals surface area contributed by atoms with Gasteiger partial charge in [-0.15, -0.1) is 0 Å². The van der Waals surface area contributed by atoms with Crippen LogP contribution in [-0.4, -0.2) is 75.3 Å². The molecule has 0 aliphatic carbocycles. The van der Waals surface area contributed by atoms with Gasteiger partial charge in [0.15, 0.2) is 17.5 Å². The van der Waals surface area contributed by atoms with E-state index in [-0.39, 0.29) is 17.9 Å². The van der Waals surface area contributed by atoms with Crippen LogP contribution in [0, 0.1) is 0 Å². The Hall–Kier alpha value is -2.18. The lowest BCUT2D eigenvalue weighted by Crippen LogP contribution is -2.93. The Morgan fingerprint density at radius 3 is 1.48 bits per heavy atom. The van der Waals surface area contributed by atoms with Crippen LogP contribution in [0.15, 0.2) is 42.5 Å². The summed E-state index contributed by atoms with van der Waals surface area (Å²) in [6, 6.07) is 5.58. The van der Waals surface area contributed by atoms with Gasteiger partial charge in [-0.05, 0) is 82.4 Å². The van der Waals surface area contributed by atoms with Crippen LogP contribution in [0.1, 0.15) is 223 Å². The lowest BCUT2D eigenvalue weighted by Gasteiger charge is -2.15. The van der Waals surface area contributed by atoms with Gasteiger partial charge in [0.05, 0.1) is 32.8 Å². The van der Waals surface area contributed by atoms with Crippen LogP contribution >= 0.6 is 21.6 Å². The predicted octanol–water partition coefficient (Wildman–Crippen LogP) is 11.3. The van der Waals surface area contributed by atoms with Gasteiger partial charge in [0.25, 0.3) is 11.8 Å². The third-order valence-electron chi connectivity index (χ3n) is 12.1. The molecule has 0 aromatic heterocycles. The molecule has 0 heterocycles. The second-order valence-electron chi connectivity index (χ2n) is 18.3. The fraction of sp³-hybridized carbons (Fsp3) is 0.782. The molecule has 0 saturated heterocycles. The van der Waals surface area contributed by atoms with Gasteiger partial charge < -0.3 is 36.9 Å². The van der Waals surface area contributed by atoms with E-state index in [9.17, 15) is 9.59 Å². The predicted molar refractivity (Wildman–Crippen MR) is 287 cm³/mol. The maximum Gasteiger partial charge on any atom is 0.278 e. The van der Waals surface area contributed by atoms with Crippen molar-refractivity contribution in [3.8, 4) is 11.5 Å². The molecule has 0 aliphatic heterocycles. The monoisotopic (exact) mass is 963 g/mol. The Labute approximate surface area is 413 Å². The summed E-state index contributed by atoms with van der Waals surface area (Å²) in [6.07, 6.45) is 48.2. The van der Waals surface area contributed by atoms with E-state index in [0.29, 0.717) is 37.6 Å². The average Bonchev–Trinajstić information content (AvgIpc) is 3.33. The largest absolute Gasteiger partial charge is 0.490 e. The van der Waals surface area contributed by atoms with E-state index in [4.69, 9.17) is 9.47 Å². The quantitative estimate of drug-likeness (QED) is 0.0249. The van der Waals surface area contributed by atoms with Gasteiger partial charge in [0, 0.05) is 49.4 Å². The first kappa shape index (κ1) is 61.8. The molecular weight excluding hydrogens is 859 g/mol. The van der Waals surface area contributed by atoms with Gasteiger partial charge in [0.2, 0.25) is 0 Å². The van der Waals surface area contributed by atoms with Gasteiger partial charge in [-0.1, -0.05) is 175 Å².